The fraction of sp³-hybridized carbons (Fsp3) is 0.300. The smallest absolute Gasteiger partial charge is 0.237 e. The van der Waals surface area contributed by atoms with Gasteiger partial charge in [-0.25, -0.2) is 4.68 Å². The SMILES string of the molecule is COc1ccc(Cn2nnnc2SC(C)C(=O)Nc2cc(C)ccc2C)cc1. The van der Waals surface area contributed by atoms with E-state index in [2.05, 4.69) is 20.8 Å². The molecule has 0 radical (unpaired) electrons. The van der Waals surface area contributed by atoms with Crippen LogP contribution in [-0.2, 0) is 11.3 Å². The number of amides is 1. The molecule has 28 heavy (non-hydrogen) atoms. The maximum atomic E-state index is 12.6. The Morgan fingerprint density at radius 2 is 1.96 bits per heavy atom. The number of ether oxygens (including phenoxy) is 1. The highest BCUT2D eigenvalue weighted by Gasteiger charge is 2.19. The maximum absolute atomic E-state index is 12.6. The average Bonchev–Trinajstić information content (AvgIpc) is 3.11. The summed E-state index contributed by atoms with van der Waals surface area (Å²) in [5.41, 5.74) is 4.00. The fourth-order valence-electron chi connectivity index (χ4n) is 2.60. The number of thioether (sulfide) groups is 1. The minimum atomic E-state index is -0.347. The molecule has 1 atom stereocenters. The molecule has 0 aliphatic carbocycles. The first kappa shape index (κ1) is 19.9. The van der Waals surface area contributed by atoms with Gasteiger partial charge in [0.05, 0.1) is 18.9 Å². The van der Waals surface area contributed by atoms with Gasteiger partial charge in [0.25, 0.3) is 0 Å². The molecule has 3 aromatic rings. The Morgan fingerprint density at radius 3 is 2.68 bits per heavy atom. The van der Waals surface area contributed by atoms with Crippen molar-refractivity contribution in [1.29, 1.82) is 0 Å². The Hall–Kier alpha value is -2.87. The molecule has 0 saturated heterocycles. The lowest BCUT2D eigenvalue weighted by Crippen LogP contribution is -2.23. The van der Waals surface area contributed by atoms with Gasteiger partial charge in [0.1, 0.15) is 5.75 Å². The van der Waals surface area contributed by atoms with E-state index in [9.17, 15) is 4.79 Å². The van der Waals surface area contributed by atoms with Crippen LogP contribution < -0.4 is 10.1 Å². The number of carbonyl (C=O) groups excluding carboxylic acids is 1. The van der Waals surface area contributed by atoms with Gasteiger partial charge in [-0.2, -0.15) is 0 Å². The molecule has 0 spiro atoms. The quantitative estimate of drug-likeness (QED) is 0.615. The van der Waals surface area contributed by atoms with Crippen molar-refractivity contribution in [2.75, 3.05) is 12.4 Å². The zero-order valence-corrected chi connectivity index (χ0v) is 17.2. The number of aromatic nitrogens is 4. The predicted molar refractivity (Wildman–Crippen MR) is 110 cm³/mol. The van der Waals surface area contributed by atoms with Gasteiger partial charge in [-0.05, 0) is 66.1 Å². The van der Waals surface area contributed by atoms with Crippen LogP contribution in [0.2, 0.25) is 0 Å². The van der Waals surface area contributed by atoms with Gasteiger partial charge in [-0.15, -0.1) is 5.10 Å². The first-order valence-corrected chi connectivity index (χ1v) is 9.78. The number of nitrogens with one attached hydrogen (secondary N) is 1. The van der Waals surface area contributed by atoms with Gasteiger partial charge >= 0.3 is 0 Å². The summed E-state index contributed by atoms with van der Waals surface area (Å²) in [6.45, 7) is 6.34. The zero-order valence-electron chi connectivity index (χ0n) is 16.3. The van der Waals surface area contributed by atoms with Crippen LogP contribution in [-0.4, -0.2) is 38.5 Å². The summed E-state index contributed by atoms with van der Waals surface area (Å²) in [6.07, 6.45) is 0. The molecule has 0 bridgehead atoms. The Kier molecular flexibility index (Phi) is 6.30. The van der Waals surface area contributed by atoms with Gasteiger partial charge in [-0.1, -0.05) is 36.0 Å². The molecule has 2 aromatic carbocycles. The summed E-state index contributed by atoms with van der Waals surface area (Å²) in [4.78, 5) is 12.6. The monoisotopic (exact) mass is 397 g/mol. The van der Waals surface area contributed by atoms with E-state index >= 15 is 0 Å². The number of nitrogens with zero attached hydrogens (tertiary/aromatic N) is 4. The van der Waals surface area contributed by atoms with Gasteiger partial charge in [-0.3, -0.25) is 4.79 Å². The van der Waals surface area contributed by atoms with Crippen molar-refractivity contribution in [3.8, 4) is 5.75 Å². The highest BCUT2D eigenvalue weighted by Crippen LogP contribution is 2.24. The van der Waals surface area contributed by atoms with Crippen molar-refractivity contribution in [3.05, 3.63) is 59.2 Å². The molecule has 1 unspecified atom stereocenters. The minimum absolute atomic E-state index is 0.0855. The molecule has 146 valence electrons. The lowest BCUT2D eigenvalue weighted by atomic mass is 10.1. The number of rotatable bonds is 7. The van der Waals surface area contributed by atoms with Crippen LogP contribution in [0.4, 0.5) is 5.69 Å². The van der Waals surface area contributed by atoms with E-state index < -0.39 is 0 Å². The van der Waals surface area contributed by atoms with Crippen LogP contribution in [0.1, 0.15) is 23.6 Å². The zero-order chi connectivity index (χ0) is 20.1. The number of hydrogen-bond donors (Lipinski definition) is 1. The average molecular weight is 398 g/mol. The highest BCUT2D eigenvalue weighted by molar-refractivity contribution is 8.00. The summed E-state index contributed by atoms with van der Waals surface area (Å²) in [7, 11) is 1.63. The molecule has 1 heterocycles. The van der Waals surface area contributed by atoms with Crippen molar-refractivity contribution >= 4 is 23.4 Å². The summed E-state index contributed by atoms with van der Waals surface area (Å²) < 4.78 is 6.86. The van der Waals surface area contributed by atoms with E-state index in [1.54, 1.807) is 11.8 Å². The van der Waals surface area contributed by atoms with Crippen molar-refractivity contribution in [3.63, 3.8) is 0 Å². The van der Waals surface area contributed by atoms with E-state index in [0.717, 1.165) is 28.1 Å². The molecule has 0 saturated carbocycles. The number of hydrogen-bond acceptors (Lipinski definition) is 6. The van der Waals surface area contributed by atoms with Gasteiger partial charge in [0, 0.05) is 5.69 Å². The Labute approximate surface area is 168 Å². The Bertz CT molecular complexity index is 955. The second-order valence-electron chi connectivity index (χ2n) is 6.53. The van der Waals surface area contributed by atoms with Crippen LogP contribution >= 0.6 is 11.8 Å². The number of anilines is 1. The summed E-state index contributed by atoms with van der Waals surface area (Å²) in [6, 6.07) is 13.7. The third kappa shape index (κ3) is 4.89. The van der Waals surface area contributed by atoms with Crippen LogP contribution in [0.25, 0.3) is 0 Å². The molecular formula is C20H23N5O2S. The van der Waals surface area contributed by atoms with Crippen LogP contribution in [0, 0.1) is 13.8 Å². The number of benzene rings is 2. The molecular weight excluding hydrogens is 374 g/mol. The van der Waals surface area contributed by atoms with Crippen LogP contribution in [0.3, 0.4) is 0 Å². The van der Waals surface area contributed by atoms with E-state index in [1.807, 2.05) is 63.2 Å². The van der Waals surface area contributed by atoms with E-state index in [1.165, 1.54) is 11.8 Å². The standard InChI is InChI=1S/C20H23N5O2S/c1-13-5-6-14(2)18(11-13)21-19(26)15(3)28-20-22-23-24-25(20)12-16-7-9-17(27-4)10-8-16/h5-11,15H,12H2,1-4H3,(H,21,26). The fourth-order valence-corrected chi connectivity index (χ4v) is 3.39. The molecule has 1 aromatic heterocycles. The molecule has 8 heteroatoms. The van der Waals surface area contributed by atoms with E-state index in [-0.39, 0.29) is 11.2 Å². The predicted octanol–water partition coefficient (Wildman–Crippen LogP) is 3.47. The van der Waals surface area contributed by atoms with Crippen molar-refractivity contribution in [2.45, 2.75) is 37.7 Å². The van der Waals surface area contributed by atoms with Gasteiger partial charge < -0.3 is 10.1 Å². The Balaban J connectivity index is 1.65. The van der Waals surface area contributed by atoms with E-state index in [4.69, 9.17) is 4.74 Å². The summed E-state index contributed by atoms with van der Waals surface area (Å²) in [5, 5.41) is 15.1. The molecule has 1 amide bonds. The van der Waals surface area contributed by atoms with Gasteiger partial charge in [0.2, 0.25) is 11.1 Å². The van der Waals surface area contributed by atoms with Crippen LogP contribution in [0.5, 0.6) is 5.75 Å². The molecule has 0 aliphatic heterocycles. The maximum Gasteiger partial charge on any atom is 0.237 e. The first-order chi connectivity index (χ1) is 13.5. The Morgan fingerprint density at radius 1 is 1.21 bits per heavy atom. The number of methoxy groups -OCH3 is 1. The summed E-state index contributed by atoms with van der Waals surface area (Å²) >= 11 is 1.33. The molecule has 0 aliphatic rings. The molecule has 0 fully saturated rings. The van der Waals surface area contributed by atoms with Crippen LogP contribution in [0.15, 0.2) is 47.6 Å². The number of aryl methyl sites for hydroxylation is 2. The van der Waals surface area contributed by atoms with Crippen molar-refractivity contribution < 1.29 is 9.53 Å². The van der Waals surface area contributed by atoms with Gasteiger partial charge in [0.15, 0.2) is 0 Å². The molecule has 3 rings (SSSR count). The van der Waals surface area contributed by atoms with Crippen molar-refractivity contribution in [1.82, 2.24) is 20.2 Å². The van der Waals surface area contributed by atoms with Crippen molar-refractivity contribution in [2.24, 2.45) is 0 Å². The topological polar surface area (TPSA) is 81.9 Å². The summed E-state index contributed by atoms with van der Waals surface area (Å²) in [5.74, 6) is 0.712. The largest absolute Gasteiger partial charge is 0.497 e. The lowest BCUT2D eigenvalue weighted by Gasteiger charge is -2.14. The number of tetrazole rings is 1. The van der Waals surface area contributed by atoms with E-state index in [0.29, 0.717) is 11.7 Å². The molecule has 7 nitrogen and oxygen atoms in total. The highest BCUT2D eigenvalue weighted by atomic mass is 32.2. The first-order valence-electron chi connectivity index (χ1n) is 8.90. The lowest BCUT2D eigenvalue weighted by molar-refractivity contribution is -0.115. The number of carbonyl (C=O) groups is 1. The minimum Gasteiger partial charge on any atom is -0.497 e. The molecule has 1 N–H and O–H groups in total. The third-order valence-corrected chi connectivity index (χ3v) is 5.36. The normalized spacial score (nSPS) is 11.9. The third-order valence-electron chi connectivity index (χ3n) is 4.29. The second-order valence-corrected chi connectivity index (χ2v) is 7.84. The second kappa shape index (κ2) is 8.88.